The van der Waals surface area contributed by atoms with Gasteiger partial charge in [0.25, 0.3) is 5.69 Å². The van der Waals surface area contributed by atoms with E-state index in [2.05, 4.69) is 48.4 Å². The van der Waals surface area contributed by atoms with E-state index >= 15 is 0 Å². The Bertz CT molecular complexity index is 1500. The molecule has 0 aliphatic heterocycles. The van der Waals surface area contributed by atoms with Gasteiger partial charge in [-0.15, -0.1) is 10.2 Å². The van der Waals surface area contributed by atoms with Crippen LogP contribution in [0.4, 0.5) is 11.4 Å². The van der Waals surface area contributed by atoms with Crippen LogP contribution in [-0.2, 0) is 10.2 Å². The lowest BCUT2D eigenvalue weighted by atomic mass is 9.87. The van der Waals surface area contributed by atoms with E-state index in [1.807, 2.05) is 41.0 Å². The van der Waals surface area contributed by atoms with E-state index in [-0.39, 0.29) is 27.7 Å². The third-order valence-electron chi connectivity index (χ3n) is 6.05. The van der Waals surface area contributed by atoms with Gasteiger partial charge < -0.3 is 10.1 Å². The predicted molar refractivity (Wildman–Crippen MR) is 154 cm³/mol. The Labute approximate surface area is 235 Å². The Hall–Kier alpha value is -3.89. The SMILES string of the molecule is COc1ccc(-n2c(S[C@H](C)C(=O)Nc3ccc([N+](=O)[O-])cc3Cl)nnc2-c2ccc(C(C)(C)C)cc2)cc1. The second-order valence-corrected chi connectivity index (χ2v) is 11.6. The second kappa shape index (κ2) is 11.5. The van der Waals surface area contributed by atoms with E-state index in [0.29, 0.717) is 16.7 Å². The van der Waals surface area contributed by atoms with Gasteiger partial charge in [-0.1, -0.05) is 68.4 Å². The summed E-state index contributed by atoms with van der Waals surface area (Å²) in [5.74, 6) is 1.01. The zero-order chi connectivity index (χ0) is 28.3. The summed E-state index contributed by atoms with van der Waals surface area (Å²) in [6, 6.07) is 19.6. The van der Waals surface area contributed by atoms with E-state index in [9.17, 15) is 14.9 Å². The van der Waals surface area contributed by atoms with Crippen LogP contribution in [-0.4, -0.2) is 38.0 Å². The van der Waals surface area contributed by atoms with Crippen LogP contribution in [0.2, 0.25) is 5.02 Å². The summed E-state index contributed by atoms with van der Waals surface area (Å²) >= 11 is 7.39. The molecule has 1 aromatic heterocycles. The van der Waals surface area contributed by atoms with Crippen molar-refractivity contribution < 1.29 is 14.5 Å². The van der Waals surface area contributed by atoms with Crippen LogP contribution in [0.5, 0.6) is 5.75 Å². The van der Waals surface area contributed by atoms with Gasteiger partial charge in [0.15, 0.2) is 11.0 Å². The minimum Gasteiger partial charge on any atom is -0.497 e. The van der Waals surface area contributed by atoms with Crippen molar-refractivity contribution in [3.05, 3.63) is 87.4 Å². The van der Waals surface area contributed by atoms with Crippen molar-refractivity contribution in [3.8, 4) is 22.8 Å². The molecule has 0 radical (unpaired) electrons. The van der Waals surface area contributed by atoms with Gasteiger partial charge in [-0.05, 0) is 48.2 Å². The first-order valence-electron chi connectivity index (χ1n) is 12.1. The number of nitrogens with zero attached hydrogens (tertiary/aromatic N) is 4. The van der Waals surface area contributed by atoms with Gasteiger partial charge in [-0.2, -0.15) is 0 Å². The number of carbonyl (C=O) groups is 1. The maximum Gasteiger partial charge on any atom is 0.271 e. The molecule has 0 saturated heterocycles. The molecular formula is C28H28ClN5O4S. The van der Waals surface area contributed by atoms with Crippen molar-refractivity contribution >= 4 is 40.6 Å². The number of non-ortho nitro benzene ring substituents is 1. The maximum absolute atomic E-state index is 13.0. The van der Waals surface area contributed by atoms with Crippen LogP contribution >= 0.6 is 23.4 Å². The number of nitrogens with one attached hydrogen (secondary N) is 1. The van der Waals surface area contributed by atoms with Crippen molar-refractivity contribution in [3.63, 3.8) is 0 Å². The summed E-state index contributed by atoms with van der Waals surface area (Å²) in [7, 11) is 1.61. The topological polar surface area (TPSA) is 112 Å². The average Bonchev–Trinajstić information content (AvgIpc) is 3.32. The van der Waals surface area contributed by atoms with E-state index in [1.54, 1.807) is 14.0 Å². The van der Waals surface area contributed by atoms with Crippen molar-refractivity contribution in [2.45, 2.75) is 43.5 Å². The molecule has 0 saturated carbocycles. The number of nitro groups is 1. The highest BCUT2D eigenvalue weighted by Gasteiger charge is 2.23. The molecule has 0 unspecified atom stereocenters. The maximum atomic E-state index is 13.0. The number of halogens is 1. The molecule has 39 heavy (non-hydrogen) atoms. The van der Waals surface area contributed by atoms with Crippen molar-refractivity contribution in [1.29, 1.82) is 0 Å². The molecule has 1 heterocycles. The third kappa shape index (κ3) is 6.40. The highest BCUT2D eigenvalue weighted by Crippen LogP contribution is 2.33. The molecule has 0 spiro atoms. The fourth-order valence-electron chi connectivity index (χ4n) is 3.78. The fraction of sp³-hybridized carbons (Fsp3) is 0.250. The predicted octanol–water partition coefficient (Wildman–Crippen LogP) is 6.92. The molecular weight excluding hydrogens is 538 g/mol. The number of nitro benzene ring substituents is 1. The third-order valence-corrected chi connectivity index (χ3v) is 7.40. The molecule has 0 aliphatic carbocycles. The number of carbonyl (C=O) groups excluding carboxylic acids is 1. The molecule has 4 aromatic rings. The number of methoxy groups -OCH3 is 1. The minimum absolute atomic E-state index is 0.0125. The molecule has 1 amide bonds. The van der Waals surface area contributed by atoms with Gasteiger partial charge in [0.05, 0.1) is 28.0 Å². The first kappa shape index (κ1) is 28.1. The molecule has 9 nitrogen and oxygen atoms in total. The Morgan fingerprint density at radius 1 is 1.08 bits per heavy atom. The van der Waals surface area contributed by atoms with Gasteiger partial charge >= 0.3 is 0 Å². The lowest BCUT2D eigenvalue weighted by Crippen LogP contribution is -2.23. The standard InChI is InChI=1S/C28H28ClN5O4S/c1-17(26(35)30-24-15-12-21(34(36)37)16-23(24)29)39-27-32-31-25(18-6-8-19(9-7-18)28(2,3)4)33(27)20-10-13-22(38-5)14-11-20/h6-17H,1-5H3,(H,30,35)/t17-/m1/s1. The molecule has 202 valence electrons. The number of benzene rings is 3. The summed E-state index contributed by atoms with van der Waals surface area (Å²) in [5, 5.41) is 22.6. The summed E-state index contributed by atoms with van der Waals surface area (Å²) in [4.78, 5) is 23.5. The van der Waals surface area contributed by atoms with Crippen LogP contribution in [0.1, 0.15) is 33.3 Å². The Balaban J connectivity index is 1.64. The second-order valence-electron chi connectivity index (χ2n) is 9.84. The number of ether oxygens (including phenoxy) is 1. The van der Waals surface area contributed by atoms with Crippen LogP contribution in [0.3, 0.4) is 0 Å². The van der Waals surface area contributed by atoms with Crippen molar-refractivity contribution in [2.24, 2.45) is 0 Å². The number of thioether (sulfide) groups is 1. The molecule has 11 heteroatoms. The van der Waals surface area contributed by atoms with Gasteiger partial charge in [0.2, 0.25) is 5.91 Å². The number of hydrogen-bond donors (Lipinski definition) is 1. The van der Waals surface area contributed by atoms with Gasteiger partial charge in [-0.25, -0.2) is 0 Å². The molecule has 0 bridgehead atoms. The monoisotopic (exact) mass is 565 g/mol. The van der Waals surface area contributed by atoms with E-state index in [0.717, 1.165) is 11.3 Å². The lowest BCUT2D eigenvalue weighted by molar-refractivity contribution is -0.384. The molecule has 0 aliphatic rings. The highest BCUT2D eigenvalue weighted by molar-refractivity contribution is 8.00. The summed E-state index contributed by atoms with van der Waals surface area (Å²) in [5.41, 5.74) is 3.04. The van der Waals surface area contributed by atoms with E-state index in [1.165, 1.54) is 35.5 Å². The summed E-state index contributed by atoms with van der Waals surface area (Å²) in [6.45, 7) is 8.22. The number of hydrogen-bond acceptors (Lipinski definition) is 7. The van der Waals surface area contributed by atoms with Crippen LogP contribution in [0.15, 0.2) is 71.9 Å². The first-order valence-corrected chi connectivity index (χ1v) is 13.4. The summed E-state index contributed by atoms with van der Waals surface area (Å²) in [6.07, 6.45) is 0. The highest BCUT2D eigenvalue weighted by atomic mass is 35.5. The lowest BCUT2D eigenvalue weighted by Gasteiger charge is -2.19. The quantitative estimate of drug-likeness (QED) is 0.140. The minimum atomic E-state index is -0.589. The summed E-state index contributed by atoms with van der Waals surface area (Å²) < 4.78 is 7.21. The molecule has 1 atom stereocenters. The van der Waals surface area contributed by atoms with Gasteiger partial charge in [0, 0.05) is 23.4 Å². The van der Waals surface area contributed by atoms with E-state index in [4.69, 9.17) is 16.3 Å². The molecule has 3 aromatic carbocycles. The fourth-order valence-corrected chi connectivity index (χ4v) is 4.87. The number of anilines is 1. The van der Waals surface area contributed by atoms with Crippen molar-refractivity contribution in [2.75, 3.05) is 12.4 Å². The average molecular weight is 566 g/mol. The van der Waals surface area contributed by atoms with E-state index < -0.39 is 10.2 Å². The molecule has 1 N–H and O–H groups in total. The number of rotatable bonds is 8. The Morgan fingerprint density at radius 3 is 2.31 bits per heavy atom. The zero-order valence-corrected chi connectivity index (χ0v) is 23.7. The van der Waals surface area contributed by atoms with Gasteiger partial charge in [-0.3, -0.25) is 19.5 Å². The Kier molecular flexibility index (Phi) is 8.27. The molecule has 4 rings (SSSR count). The zero-order valence-electron chi connectivity index (χ0n) is 22.1. The van der Waals surface area contributed by atoms with Crippen LogP contribution < -0.4 is 10.1 Å². The largest absolute Gasteiger partial charge is 0.497 e. The smallest absolute Gasteiger partial charge is 0.271 e. The normalized spacial score (nSPS) is 12.2. The molecule has 0 fully saturated rings. The van der Waals surface area contributed by atoms with Crippen molar-refractivity contribution in [1.82, 2.24) is 14.8 Å². The van der Waals surface area contributed by atoms with Crippen LogP contribution in [0, 0.1) is 10.1 Å². The Morgan fingerprint density at radius 2 is 1.74 bits per heavy atom. The van der Waals surface area contributed by atoms with Crippen LogP contribution in [0.25, 0.3) is 17.1 Å². The number of amides is 1. The van der Waals surface area contributed by atoms with Gasteiger partial charge in [0.1, 0.15) is 5.75 Å². The number of aromatic nitrogens is 3. The first-order chi connectivity index (χ1) is 18.5.